The molecule has 0 radical (unpaired) electrons. The predicted octanol–water partition coefficient (Wildman–Crippen LogP) is 2.11. The van der Waals surface area contributed by atoms with E-state index in [2.05, 4.69) is 21.3 Å². The average Bonchev–Trinajstić information content (AvgIpc) is 3.34. The Hall–Kier alpha value is -3.46. The van der Waals surface area contributed by atoms with Crippen molar-refractivity contribution >= 4 is 29.1 Å². The van der Waals surface area contributed by atoms with Gasteiger partial charge in [-0.3, -0.25) is 25.2 Å². The normalized spacial score (nSPS) is 10.3. The average molecular weight is 384 g/mol. The van der Waals surface area contributed by atoms with Crippen LogP contribution in [-0.2, 0) is 11.3 Å². The SMILES string of the molecule is CC(=O)NCc1ccc(C(=O)NNC(=O)c2cc(-c3ccccc3)on2)s1. The van der Waals surface area contributed by atoms with Gasteiger partial charge in [-0.05, 0) is 12.1 Å². The lowest BCUT2D eigenvalue weighted by Gasteiger charge is -2.03. The molecule has 9 heteroatoms. The minimum atomic E-state index is -0.593. The minimum Gasteiger partial charge on any atom is -0.355 e. The highest BCUT2D eigenvalue weighted by Gasteiger charge is 2.15. The van der Waals surface area contributed by atoms with Gasteiger partial charge in [0.15, 0.2) is 11.5 Å². The Morgan fingerprint density at radius 1 is 1.04 bits per heavy atom. The summed E-state index contributed by atoms with van der Waals surface area (Å²) in [6.45, 7) is 1.77. The quantitative estimate of drug-likeness (QED) is 0.583. The fraction of sp³-hybridized carbons (Fsp3) is 0.111. The molecule has 2 heterocycles. The molecule has 8 nitrogen and oxygen atoms in total. The van der Waals surface area contributed by atoms with Crippen molar-refractivity contribution in [2.45, 2.75) is 13.5 Å². The van der Waals surface area contributed by atoms with Gasteiger partial charge >= 0.3 is 0 Å². The van der Waals surface area contributed by atoms with Crippen LogP contribution in [0.5, 0.6) is 0 Å². The summed E-state index contributed by atoms with van der Waals surface area (Å²) in [5, 5.41) is 6.37. The van der Waals surface area contributed by atoms with Crippen LogP contribution in [0.1, 0.15) is 32.0 Å². The molecule has 3 rings (SSSR count). The molecule has 0 bridgehead atoms. The van der Waals surface area contributed by atoms with Crippen molar-refractivity contribution in [2.24, 2.45) is 0 Å². The highest BCUT2D eigenvalue weighted by atomic mass is 32.1. The molecule has 0 saturated carbocycles. The maximum absolute atomic E-state index is 12.1. The highest BCUT2D eigenvalue weighted by molar-refractivity contribution is 7.14. The molecule has 3 N–H and O–H groups in total. The van der Waals surface area contributed by atoms with Gasteiger partial charge in [-0.2, -0.15) is 0 Å². The predicted molar refractivity (Wildman–Crippen MR) is 98.7 cm³/mol. The molecule has 0 aliphatic rings. The lowest BCUT2D eigenvalue weighted by Crippen LogP contribution is -2.41. The zero-order chi connectivity index (χ0) is 19.2. The number of benzene rings is 1. The van der Waals surface area contributed by atoms with Crippen molar-refractivity contribution in [3.05, 3.63) is 64.0 Å². The molecule has 0 spiro atoms. The number of aromatic nitrogens is 1. The maximum Gasteiger partial charge on any atom is 0.291 e. The third-order valence-electron chi connectivity index (χ3n) is 3.49. The third kappa shape index (κ3) is 4.79. The van der Waals surface area contributed by atoms with Gasteiger partial charge in [0.25, 0.3) is 11.8 Å². The van der Waals surface area contributed by atoms with Crippen molar-refractivity contribution in [1.82, 2.24) is 21.3 Å². The Morgan fingerprint density at radius 3 is 2.52 bits per heavy atom. The van der Waals surface area contributed by atoms with Crippen LogP contribution < -0.4 is 16.2 Å². The van der Waals surface area contributed by atoms with E-state index < -0.39 is 11.8 Å². The lowest BCUT2D eigenvalue weighted by molar-refractivity contribution is -0.119. The Kier molecular flexibility index (Phi) is 5.62. The van der Waals surface area contributed by atoms with E-state index in [1.165, 1.54) is 24.3 Å². The van der Waals surface area contributed by atoms with E-state index in [1.807, 2.05) is 30.3 Å². The van der Waals surface area contributed by atoms with E-state index in [9.17, 15) is 14.4 Å². The van der Waals surface area contributed by atoms with E-state index in [0.717, 1.165) is 10.4 Å². The first-order valence-electron chi connectivity index (χ1n) is 7.99. The van der Waals surface area contributed by atoms with Crippen molar-refractivity contribution < 1.29 is 18.9 Å². The number of amides is 3. The van der Waals surface area contributed by atoms with Crippen LogP contribution in [0.4, 0.5) is 0 Å². The van der Waals surface area contributed by atoms with Crippen LogP contribution in [0.15, 0.2) is 53.1 Å². The van der Waals surface area contributed by atoms with Crippen molar-refractivity contribution in [1.29, 1.82) is 0 Å². The molecule has 2 aromatic heterocycles. The van der Waals surface area contributed by atoms with Gasteiger partial charge in [-0.1, -0.05) is 35.5 Å². The summed E-state index contributed by atoms with van der Waals surface area (Å²) in [4.78, 5) is 36.4. The molecule has 1 aromatic carbocycles. The fourth-order valence-electron chi connectivity index (χ4n) is 2.17. The molecule has 3 amide bonds. The minimum absolute atomic E-state index is 0.0479. The first-order chi connectivity index (χ1) is 13.0. The monoisotopic (exact) mass is 384 g/mol. The number of thiophene rings is 1. The van der Waals surface area contributed by atoms with E-state index in [-0.39, 0.29) is 11.6 Å². The summed E-state index contributed by atoms with van der Waals surface area (Å²) in [5.41, 5.74) is 5.46. The Bertz CT molecular complexity index is 965. The van der Waals surface area contributed by atoms with Crippen molar-refractivity contribution in [3.8, 4) is 11.3 Å². The molecule has 138 valence electrons. The van der Waals surface area contributed by atoms with Gasteiger partial charge in [0.1, 0.15) is 0 Å². The Morgan fingerprint density at radius 2 is 1.78 bits per heavy atom. The van der Waals surface area contributed by atoms with Crippen LogP contribution >= 0.6 is 11.3 Å². The molecule has 0 saturated heterocycles. The van der Waals surface area contributed by atoms with Crippen LogP contribution in [0.25, 0.3) is 11.3 Å². The van der Waals surface area contributed by atoms with Gasteiger partial charge in [-0.25, -0.2) is 0 Å². The number of hydrogen-bond donors (Lipinski definition) is 3. The Balaban J connectivity index is 1.55. The molecule has 27 heavy (non-hydrogen) atoms. The first-order valence-corrected chi connectivity index (χ1v) is 8.80. The topological polar surface area (TPSA) is 113 Å². The molecule has 0 unspecified atom stereocenters. The van der Waals surface area contributed by atoms with Crippen LogP contribution in [0.3, 0.4) is 0 Å². The molecular formula is C18H16N4O4S. The smallest absolute Gasteiger partial charge is 0.291 e. The maximum atomic E-state index is 12.1. The largest absolute Gasteiger partial charge is 0.355 e. The summed E-state index contributed by atoms with van der Waals surface area (Å²) in [5.74, 6) is -0.754. The molecule has 3 aromatic rings. The van der Waals surface area contributed by atoms with Crippen LogP contribution in [0, 0.1) is 0 Å². The summed E-state index contributed by atoms with van der Waals surface area (Å²) in [7, 11) is 0. The zero-order valence-corrected chi connectivity index (χ0v) is 15.1. The lowest BCUT2D eigenvalue weighted by atomic mass is 10.1. The van der Waals surface area contributed by atoms with E-state index >= 15 is 0 Å². The van der Waals surface area contributed by atoms with Gasteiger partial charge in [0, 0.05) is 23.4 Å². The zero-order valence-electron chi connectivity index (χ0n) is 14.3. The first kappa shape index (κ1) is 18.3. The van der Waals surface area contributed by atoms with Gasteiger partial charge in [-0.15, -0.1) is 11.3 Å². The van der Waals surface area contributed by atoms with E-state index in [4.69, 9.17) is 4.52 Å². The van der Waals surface area contributed by atoms with Gasteiger partial charge in [0.2, 0.25) is 5.91 Å². The number of hydrazine groups is 1. The second kappa shape index (κ2) is 8.28. The number of rotatable bonds is 5. The molecular weight excluding hydrogens is 368 g/mol. The van der Waals surface area contributed by atoms with E-state index in [1.54, 1.807) is 12.1 Å². The summed E-state index contributed by atoms with van der Waals surface area (Å²) < 4.78 is 5.16. The summed E-state index contributed by atoms with van der Waals surface area (Å²) in [6.07, 6.45) is 0. The van der Waals surface area contributed by atoms with Crippen LogP contribution in [-0.4, -0.2) is 22.9 Å². The second-order valence-electron chi connectivity index (χ2n) is 5.53. The van der Waals surface area contributed by atoms with Gasteiger partial charge < -0.3 is 9.84 Å². The van der Waals surface area contributed by atoms with Crippen molar-refractivity contribution in [2.75, 3.05) is 0 Å². The molecule has 0 atom stereocenters. The molecule has 0 aliphatic carbocycles. The Labute approximate surface area is 158 Å². The van der Waals surface area contributed by atoms with E-state index in [0.29, 0.717) is 17.2 Å². The summed E-state index contributed by atoms with van der Waals surface area (Å²) >= 11 is 1.22. The van der Waals surface area contributed by atoms with Crippen LogP contribution in [0.2, 0.25) is 0 Å². The standard InChI is InChI=1S/C18H16N4O4S/c1-11(23)19-10-13-7-8-16(27-13)18(25)21-20-17(24)14-9-15(26-22-14)12-5-3-2-4-6-12/h2-9H,10H2,1H3,(H,19,23)(H,20,24)(H,21,25). The number of hydrogen-bond acceptors (Lipinski definition) is 6. The second-order valence-corrected chi connectivity index (χ2v) is 6.69. The number of carbonyl (C=O) groups is 3. The number of nitrogens with zero attached hydrogens (tertiary/aromatic N) is 1. The molecule has 0 fully saturated rings. The van der Waals surface area contributed by atoms with Gasteiger partial charge in [0.05, 0.1) is 11.4 Å². The number of carbonyl (C=O) groups excluding carboxylic acids is 3. The summed E-state index contributed by atoms with van der Waals surface area (Å²) in [6, 6.07) is 14.1. The molecule has 0 aliphatic heterocycles. The highest BCUT2D eigenvalue weighted by Crippen LogP contribution is 2.19. The fourth-order valence-corrected chi connectivity index (χ4v) is 3.01. The third-order valence-corrected chi connectivity index (χ3v) is 4.57. The van der Waals surface area contributed by atoms with Crippen molar-refractivity contribution in [3.63, 3.8) is 0 Å². The number of nitrogens with one attached hydrogen (secondary N) is 3.